The molecule has 1 N–H and O–H groups in total. The molecule has 0 spiro atoms. The third-order valence-corrected chi connectivity index (χ3v) is 5.51. The average molecular weight is 409 g/mol. The zero-order valence-electron chi connectivity index (χ0n) is 16.8. The second-order valence-electron chi connectivity index (χ2n) is 7.37. The molecule has 0 saturated heterocycles. The van der Waals surface area contributed by atoms with Crippen LogP contribution < -0.4 is 9.47 Å². The number of allylic oxidation sites excluding steroid dienone is 1. The Kier molecular flexibility index (Phi) is 6.27. The van der Waals surface area contributed by atoms with E-state index in [4.69, 9.17) is 9.47 Å². The lowest BCUT2D eigenvalue weighted by Gasteiger charge is -2.25. The van der Waals surface area contributed by atoms with E-state index < -0.39 is 12.1 Å². The molecule has 1 aliphatic carbocycles. The smallest absolute Gasteiger partial charge is 0.392 e. The zero-order chi connectivity index (χ0) is 21.2. The van der Waals surface area contributed by atoms with Crippen LogP contribution in [0.5, 0.6) is 11.5 Å². The van der Waals surface area contributed by atoms with Gasteiger partial charge in [0.15, 0.2) is 11.5 Å². The van der Waals surface area contributed by atoms with Gasteiger partial charge in [-0.3, -0.25) is 0 Å². The van der Waals surface area contributed by atoms with Crippen LogP contribution >= 0.6 is 0 Å². The quantitative estimate of drug-likeness (QED) is 0.699. The molecular formula is C22H26F3NO3. The van der Waals surface area contributed by atoms with Crippen molar-refractivity contribution < 1.29 is 27.8 Å². The van der Waals surface area contributed by atoms with Gasteiger partial charge in [-0.1, -0.05) is 11.6 Å². The minimum absolute atomic E-state index is 0.00514. The third kappa shape index (κ3) is 4.45. The summed E-state index contributed by atoms with van der Waals surface area (Å²) in [7, 11) is 3.10. The van der Waals surface area contributed by atoms with Gasteiger partial charge in [-0.15, -0.1) is 0 Å². The summed E-state index contributed by atoms with van der Waals surface area (Å²) in [4.78, 5) is 0. The molecule has 1 aromatic heterocycles. The number of fused-ring (bicyclic) bond motifs is 1. The maximum Gasteiger partial charge on any atom is 0.392 e. The van der Waals surface area contributed by atoms with Crippen molar-refractivity contribution in [1.82, 2.24) is 4.57 Å². The van der Waals surface area contributed by atoms with E-state index >= 15 is 0 Å². The molecule has 0 aliphatic heterocycles. The van der Waals surface area contributed by atoms with Gasteiger partial charge in [0.2, 0.25) is 0 Å². The Morgan fingerprint density at radius 2 is 1.93 bits per heavy atom. The summed E-state index contributed by atoms with van der Waals surface area (Å²) in [5.74, 6) is -0.155. The molecule has 0 saturated carbocycles. The fraction of sp³-hybridized carbons (Fsp3) is 0.455. The number of hydrogen-bond acceptors (Lipinski definition) is 3. The van der Waals surface area contributed by atoms with Crippen molar-refractivity contribution in [3.63, 3.8) is 0 Å². The van der Waals surface area contributed by atoms with Crippen LogP contribution in [0.2, 0.25) is 0 Å². The Morgan fingerprint density at radius 3 is 2.55 bits per heavy atom. The van der Waals surface area contributed by atoms with E-state index in [-0.39, 0.29) is 19.4 Å². The number of aliphatic hydroxyl groups excluding tert-OH is 1. The van der Waals surface area contributed by atoms with Gasteiger partial charge < -0.3 is 19.1 Å². The maximum absolute atomic E-state index is 13.3. The van der Waals surface area contributed by atoms with Gasteiger partial charge in [-0.05, 0) is 56.0 Å². The predicted molar refractivity (Wildman–Crippen MR) is 105 cm³/mol. The van der Waals surface area contributed by atoms with Gasteiger partial charge in [0.1, 0.15) is 0 Å². The number of aromatic nitrogens is 1. The number of nitrogens with zero attached hydrogens (tertiary/aromatic N) is 1. The van der Waals surface area contributed by atoms with Gasteiger partial charge in [-0.25, -0.2) is 0 Å². The van der Waals surface area contributed by atoms with Crippen molar-refractivity contribution in [2.75, 3.05) is 20.8 Å². The number of benzene rings is 1. The highest BCUT2D eigenvalue weighted by Crippen LogP contribution is 2.41. The van der Waals surface area contributed by atoms with Crippen LogP contribution in [-0.4, -0.2) is 36.7 Å². The summed E-state index contributed by atoms with van der Waals surface area (Å²) in [5.41, 5.74) is 4.15. The number of alkyl halides is 3. The summed E-state index contributed by atoms with van der Waals surface area (Å²) < 4.78 is 52.5. The summed E-state index contributed by atoms with van der Waals surface area (Å²) in [6, 6.07) is 7.36. The first kappa shape index (κ1) is 21.3. The van der Waals surface area contributed by atoms with Gasteiger partial charge in [0, 0.05) is 23.5 Å². The lowest BCUT2D eigenvalue weighted by atomic mass is 9.87. The first-order valence-corrected chi connectivity index (χ1v) is 9.55. The monoisotopic (exact) mass is 409 g/mol. The number of methoxy groups -OCH3 is 2. The van der Waals surface area contributed by atoms with E-state index in [1.54, 1.807) is 20.3 Å². The highest BCUT2D eigenvalue weighted by atomic mass is 19.4. The average Bonchev–Trinajstić information content (AvgIpc) is 3.08. The first-order valence-electron chi connectivity index (χ1n) is 9.55. The molecule has 1 unspecified atom stereocenters. The zero-order valence-corrected chi connectivity index (χ0v) is 16.8. The molecule has 1 aromatic carbocycles. The number of rotatable bonds is 6. The van der Waals surface area contributed by atoms with Crippen LogP contribution in [0, 0.1) is 5.92 Å². The van der Waals surface area contributed by atoms with Crippen molar-refractivity contribution >= 4 is 0 Å². The Bertz CT molecular complexity index is 899. The molecule has 29 heavy (non-hydrogen) atoms. The van der Waals surface area contributed by atoms with Crippen LogP contribution in [0.25, 0.3) is 11.3 Å². The van der Waals surface area contributed by atoms with Crippen molar-refractivity contribution in [2.24, 2.45) is 5.92 Å². The van der Waals surface area contributed by atoms with Gasteiger partial charge in [-0.2, -0.15) is 13.2 Å². The molecule has 158 valence electrons. The Labute approximate surface area is 168 Å². The molecule has 0 amide bonds. The van der Waals surface area contributed by atoms with Crippen molar-refractivity contribution in [3.05, 3.63) is 47.2 Å². The van der Waals surface area contributed by atoms with Crippen molar-refractivity contribution in [1.29, 1.82) is 0 Å². The Hall–Kier alpha value is -2.41. The maximum atomic E-state index is 13.3. The Morgan fingerprint density at radius 1 is 1.21 bits per heavy atom. The highest BCUT2D eigenvalue weighted by molar-refractivity contribution is 5.67. The summed E-state index contributed by atoms with van der Waals surface area (Å²) >= 11 is 0. The van der Waals surface area contributed by atoms with E-state index in [1.165, 1.54) is 0 Å². The summed E-state index contributed by atoms with van der Waals surface area (Å²) in [6.45, 7) is 2.26. The van der Waals surface area contributed by atoms with Gasteiger partial charge >= 0.3 is 6.18 Å². The standard InChI is InChI=1S/C22H26F3NO3/c1-14(13-27)8-9-26-18-6-5-17(22(23,24)25)10-16(18)11-19(26)15-4-7-20(28-2)21(12-15)29-3/h4,7-8,11-12,17,27H,5-6,9-10,13H2,1-3H3/b14-8+. The molecule has 4 nitrogen and oxygen atoms in total. The van der Waals surface area contributed by atoms with Gasteiger partial charge in [0.25, 0.3) is 0 Å². The number of aliphatic hydroxyl groups is 1. The number of ether oxygens (including phenoxy) is 2. The molecule has 0 radical (unpaired) electrons. The van der Waals surface area contributed by atoms with Crippen LogP contribution in [0.1, 0.15) is 24.6 Å². The van der Waals surface area contributed by atoms with E-state index in [2.05, 4.69) is 0 Å². The van der Waals surface area contributed by atoms with Crippen LogP contribution in [0.15, 0.2) is 35.9 Å². The lowest BCUT2D eigenvalue weighted by Crippen LogP contribution is -2.29. The van der Waals surface area contributed by atoms with Crippen molar-refractivity contribution in [2.45, 2.75) is 38.9 Å². The molecule has 2 aromatic rings. The number of hydrogen-bond donors (Lipinski definition) is 1. The molecule has 0 bridgehead atoms. The lowest BCUT2D eigenvalue weighted by molar-refractivity contribution is -0.177. The second-order valence-corrected chi connectivity index (χ2v) is 7.37. The highest BCUT2D eigenvalue weighted by Gasteiger charge is 2.42. The minimum Gasteiger partial charge on any atom is -0.493 e. The van der Waals surface area contributed by atoms with E-state index in [0.29, 0.717) is 24.5 Å². The van der Waals surface area contributed by atoms with Crippen molar-refractivity contribution in [3.8, 4) is 22.8 Å². The molecule has 3 rings (SSSR count). The summed E-state index contributed by atoms with van der Waals surface area (Å²) in [6.07, 6.45) is -1.82. The molecule has 1 aliphatic rings. The third-order valence-electron chi connectivity index (χ3n) is 5.51. The van der Waals surface area contributed by atoms with Crippen LogP contribution in [-0.2, 0) is 19.4 Å². The first-order chi connectivity index (χ1) is 13.8. The molecule has 0 fully saturated rings. The van der Waals surface area contributed by atoms with Crippen LogP contribution in [0.4, 0.5) is 13.2 Å². The fourth-order valence-electron chi connectivity index (χ4n) is 3.83. The topological polar surface area (TPSA) is 43.6 Å². The van der Waals surface area contributed by atoms with Gasteiger partial charge in [0.05, 0.1) is 26.7 Å². The second kappa shape index (κ2) is 8.53. The Balaban J connectivity index is 2.07. The van der Waals surface area contributed by atoms with E-state index in [1.807, 2.05) is 35.8 Å². The summed E-state index contributed by atoms with van der Waals surface area (Å²) in [5, 5.41) is 9.31. The minimum atomic E-state index is -4.18. The van der Waals surface area contributed by atoms with E-state index in [0.717, 1.165) is 28.1 Å². The van der Waals surface area contributed by atoms with E-state index in [9.17, 15) is 18.3 Å². The number of halogens is 3. The van der Waals surface area contributed by atoms with Crippen LogP contribution in [0.3, 0.4) is 0 Å². The molecular weight excluding hydrogens is 383 g/mol. The largest absolute Gasteiger partial charge is 0.493 e. The molecule has 7 heteroatoms. The SMILES string of the molecule is COc1ccc(-c2cc3c(n2C/C=C(\C)CO)CCC(C(F)(F)F)C3)cc1OC. The predicted octanol–water partition coefficient (Wildman–Crippen LogP) is 4.78. The molecule has 1 heterocycles. The molecule has 1 atom stereocenters. The normalized spacial score (nSPS) is 17.2. The fourth-order valence-corrected chi connectivity index (χ4v) is 3.83.